The van der Waals surface area contributed by atoms with Gasteiger partial charge < -0.3 is 15.0 Å². The third kappa shape index (κ3) is 3.80. The molecule has 0 unspecified atom stereocenters. The van der Waals surface area contributed by atoms with Crippen LogP contribution in [-0.4, -0.2) is 60.0 Å². The quantitative estimate of drug-likeness (QED) is 0.856. The molecule has 0 bridgehead atoms. The van der Waals surface area contributed by atoms with E-state index >= 15 is 0 Å². The minimum Gasteiger partial charge on any atom is -0.383 e. The molecule has 0 aliphatic carbocycles. The van der Waals surface area contributed by atoms with Crippen LogP contribution in [0.2, 0.25) is 0 Å². The van der Waals surface area contributed by atoms with Gasteiger partial charge in [0.05, 0.1) is 12.3 Å². The Morgan fingerprint density at radius 3 is 2.75 bits per heavy atom. The fraction of sp³-hybridized carbons (Fsp3) is 0.714. The molecule has 1 fully saturated rings. The molecule has 1 aromatic rings. The molecule has 0 spiro atoms. The lowest BCUT2D eigenvalue weighted by Crippen LogP contribution is -2.45. The number of carbonyl (C=O) groups excluding carboxylic acids is 1. The maximum atomic E-state index is 12.2. The summed E-state index contributed by atoms with van der Waals surface area (Å²) in [7, 11) is 3.53. The number of nitrogens with one attached hydrogen (secondary N) is 1. The molecule has 0 atom stereocenters. The molecule has 0 aromatic carbocycles. The topological polar surface area (TPSA) is 59.4 Å². The Balaban J connectivity index is 1.80. The van der Waals surface area contributed by atoms with Gasteiger partial charge in [-0.25, -0.2) is 0 Å². The number of hydrogen-bond acceptors (Lipinski definition) is 4. The molecule has 1 aliphatic rings. The number of nitrogens with zero attached hydrogens (tertiary/aromatic N) is 3. The molecular formula is C14H24N4O2. The zero-order valence-electron chi connectivity index (χ0n) is 12.6. The summed E-state index contributed by atoms with van der Waals surface area (Å²) in [6.07, 6.45) is 1.98. The highest BCUT2D eigenvalue weighted by atomic mass is 16.5. The van der Waals surface area contributed by atoms with E-state index in [1.165, 1.54) is 0 Å². The number of piperidine rings is 1. The highest BCUT2D eigenvalue weighted by molar-refractivity contribution is 5.92. The third-order valence-electron chi connectivity index (χ3n) is 3.77. The molecule has 0 saturated carbocycles. The smallest absolute Gasteiger partial charge is 0.269 e. The SMILES string of the molecule is COCCN1CCC(NC(=O)c2cc(C)nn2C)CC1. The van der Waals surface area contributed by atoms with Crippen LogP contribution in [0.15, 0.2) is 6.07 Å². The second-order valence-corrected chi connectivity index (χ2v) is 5.38. The Morgan fingerprint density at radius 1 is 1.50 bits per heavy atom. The number of carbonyl (C=O) groups is 1. The minimum absolute atomic E-state index is 0.0246. The number of hydrogen-bond donors (Lipinski definition) is 1. The average Bonchev–Trinajstić information content (AvgIpc) is 2.77. The summed E-state index contributed by atoms with van der Waals surface area (Å²) in [4.78, 5) is 14.6. The molecular weight excluding hydrogens is 256 g/mol. The van der Waals surface area contributed by atoms with Crippen LogP contribution in [0.4, 0.5) is 0 Å². The van der Waals surface area contributed by atoms with E-state index in [0.29, 0.717) is 5.69 Å². The molecule has 1 aliphatic heterocycles. The summed E-state index contributed by atoms with van der Waals surface area (Å²) < 4.78 is 6.73. The normalized spacial score (nSPS) is 17.4. The monoisotopic (exact) mass is 280 g/mol. The molecule has 20 heavy (non-hydrogen) atoms. The number of aryl methyl sites for hydroxylation is 2. The lowest BCUT2D eigenvalue weighted by Gasteiger charge is -2.32. The zero-order chi connectivity index (χ0) is 14.5. The first-order chi connectivity index (χ1) is 9.60. The second-order valence-electron chi connectivity index (χ2n) is 5.38. The number of methoxy groups -OCH3 is 1. The Labute approximate surface area is 120 Å². The van der Waals surface area contributed by atoms with E-state index in [0.717, 1.165) is 44.8 Å². The molecule has 1 aromatic heterocycles. The first-order valence-electron chi connectivity index (χ1n) is 7.13. The van der Waals surface area contributed by atoms with Gasteiger partial charge in [0.2, 0.25) is 0 Å². The van der Waals surface area contributed by atoms with Crippen molar-refractivity contribution in [3.8, 4) is 0 Å². The van der Waals surface area contributed by atoms with Gasteiger partial charge >= 0.3 is 0 Å². The summed E-state index contributed by atoms with van der Waals surface area (Å²) >= 11 is 0. The molecule has 112 valence electrons. The molecule has 2 rings (SSSR count). The second kappa shape index (κ2) is 6.85. The maximum absolute atomic E-state index is 12.2. The van der Waals surface area contributed by atoms with Crippen LogP contribution >= 0.6 is 0 Å². The Kier molecular flexibility index (Phi) is 5.14. The number of rotatable bonds is 5. The van der Waals surface area contributed by atoms with E-state index in [1.807, 2.05) is 13.0 Å². The van der Waals surface area contributed by atoms with Crippen LogP contribution in [0.25, 0.3) is 0 Å². The van der Waals surface area contributed by atoms with Crippen LogP contribution in [0.1, 0.15) is 29.0 Å². The number of likely N-dealkylation sites (tertiary alicyclic amines) is 1. The van der Waals surface area contributed by atoms with E-state index in [2.05, 4.69) is 15.3 Å². The van der Waals surface area contributed by atoms with Crippen molar-refractivity contribution in [2.75, 3.05) is 33.4 Å². The maximum Gasteiger partial charge on any atom is 0.269 e. The van der Waals surface area contributed by atoms with E-state index in [4.69, 9.17) is 4.74 Å². The van der Waals surface area contributed by atoms with Gasteiger partial charge in [-0.2, -0.15) is 5.10 Å². The van der Waals surface area contributed by atoms with Gasteiger partial charge in [0.15, 0.2) is 0 Å². The van der Waals surface area contributed by atoms with Gasteiger partial charge in [-0.1, -0.05) is 0 Å². The molecule has 1 amide bonds. The van der Waals surface area contributed by atoms with Crippen LogP contribution in [0.5, 0.6) is 0 Å². The number of aromatic nitrogens is 2. The van der Waals surface area contributed by atoms with E-state index in [-0.39, 0.29) is 11.9 Å². The largest absolute Gasteiger partial charge is 0.383 e. The lowest BCUT2D eigenvalue weighted by atomic mass is 10.0. The highest BCUT2D eigenvalue weighted by Crippen LogP contribution is 2.11. The predicted molar refractivity (Wildman–Crippen MR) is 76.7 cm³/mol. The summed E-state index contributed by atoms with van der Waals surface area (Å²) in [5.74, 6) is -0.0246. The number of amides is 1. The molecule has 1 N–H and O–H groups in total. The lowest BCUT2D eigenvalue weighted by molar-refractivity contribution is 0.0884. The van der Waals surface area contributed by atoms with Gasteiger partial charge in [-0.3, -0.25) is 9.48 Å². The Morgan fingerprint density at radius 2 is 2.20 bits per heavy atom. The van der Waals surface area contributed by atoms with Gasteiger partial charge in [0.25, 0.3) is 5.91 Å². The van der Waals surface area contributed by atoms with Crippen molar-refractivity contribution in [1.82, 2.24) is 20.0 Å². The van der Waals surface area contributed by atoms with Gasteiger partial charge in [0.1, 0.15) is 5.69 Å². The Hall–Kier alpha value is -1.40. The fourth-order valence-corrected chi connectivity index (χ4v) is 2.60. The zero-order valence-corrected chi connectivity index (χ0v) is 12.6. The fourth-order valence-electron chi connectivity index (χ4n) is 2.60. The van der Waals surface area contributed by atoms with E-state index < -0.39 is 0 Å². The van der Waals surface area contributed by atoms with Crippen LogP contribution < -0.4 is 5.32 Å². The van der Waals surface area contributed by atoms with E-state index in [9.17, 15) is 4.79 Å². The van der Waals surface area contributed by atoms with Crippen molar-refractivity contribution in [1.29, 1.82) is 0 Å². The van der Waals surface area contributed by atoms with Crippen molar-refractivity contribution >= 4 is 5.91 Å². The Bertz CT molecular complexity index is 450. The van der Waals surface area contributed by atoms with Crippen molar-refractivity contribution in [3.63, 3.8) is 0 Å². The summed E-state index contributed by atoms with van der Waals surface area (Å²) in [5.41, 5.74) is 1.50. The van der Waals surface area contributed by atoms with Gasteiger partial charge in [-0.05, 0) is 25.8 Å². The molecule has 1 saturated heterocycles. The standard InChI is InChI=1S/C14H24N4O2/c1-11-10-13(17(2)16-11)14(19)15-12-4-6-18(7-5-12)8-9-20-3/h10,12H,4-9H2,1-3H3,(H,15,19). The van der Waals surface area contributed by atoms with Gasteiger partial charge in [0, 0.05) is 39.8 Å². The van der Waals surface area contributed by atoms with Crippen LogP contribution in [0.3, 0.4) is 0 Å². The summed E-state index contributed by atoms with van der Waals surface area (Å²) in [6, 6.07) is 2.08. The summed E-state index contributed by atoms with van der Waals surface area (Å²) in [5, 5.41) is 7.31. The van der Waals surface area contributed by atoms with Gasteiger partial charge in [-0.15, -0.1) is 0 Å². The number of ether oxygens (including phenoxy) is 1. The predicted octanol–water partition coefficient (Wildman–Crippen LogP) is 0.569. The average molecular weight is 280 g/mol. The van der Waals surface area contributed by atoms with Crippen molar-refractivity contribution in [2.24, 2.45) is 7.05 Å². The van der Waals surface area contributed by atoms with Crippen LogP contribution in [-0.2, 0) is 11.8 Å². The molecule has 6 nitrogen and oxygen atoms in total. The van der Waals surface area contributed by atoms with Crippen LogP contribution in [0, 0.1) is 6.92 Å². The van der Waals surface area contributed by atoms with Crippen molar-refractivity contribution in [2.45, 2.75) is 25.8 Å². The molecule has 0 radical (unpaired) electrons. The van der Waals surface area contributed by atoms with Crippen molar-refractivity contribution in [3.05, 3.63) is 17.5 Å². The highest BCUT2D eigenvalue weighted by Gasteiger charge is 2.22. The van der Waals surface area contributed by atoms with E-state index in [1.54, 1.807) is 18.8 Å². The summed E-state index contributed by atoms with van der Waals surface area (Å²) in [6.45, 7) is 5.66. The van der Waals surface area contributed by atoms with Crippen molar-refractivity contribution < 1.29 is 9.53 Å². The molecule has 6 heteroatoms. The molecule has 2 heterocycles. The minimum atomic E-state index is -0.0246. The third-order valence-corrected chi connectivity index (χ3v) is 3.77. The first-order valence-corrected chi connectivity index (χ1v) is 7.13. The first kappa shape index (κ1) is 15.0.